The van der Waals surface area contributed by atoms with E-state index in [-0.39, 0.29) is 0 Å². The van der Waals surface area contributed by atoms with Crippen LogP contribution in [0.5, 0.6) is 0 Å². The molecular formula is C10H14N4O2. The summed E-state index contributed by atoms with van der Waals surface area (Å²) in [6.07, 6.45) is 0.524. The molecule has 0 radical (unpaired) electrons. The Morgan fingerprint density at radius 3 is 2.75 bits per heavy atom. The fourth-order valence-corrected chi connectivity index (χ4v) is 1.28. The predicted molar refractivity (Wildman–Crippen MR) is 58.1 cm³/mol. The molecule has 6 nitrogen and oxygen atoms in total. The van der Waals surface area contributed by atoms with Crippen LogP contribution in [-0.2, 0) is 16.1 Å². The van der Waals surface area contributed by atoms with Gasteiger partial charge in [-0.1, -0.05) is 30.3 Å². The minimum absolute atomic E-state index is 0.465. The summed E-state index contributed by atoms with van der Waals surface area (Å²) in [4.78, 5) is 15.9. The molecule has 0 bridgehead atoms. The number of nitrogens with zero attached hydrogens (tertiary/aromatic N) is 2. The van der Waals surface area contributed by atoms with Crippen molar-refractivity contribution in [1.29, 1.82) is 0 Å². The van der Waals surface area contributed by atoms with Gasteiger partial charge in [0.1, 0.15) is 6.04 Å². The standard InChI is InChI=1S/C10H14N4O2/c1-12-9(10(15)16-14-13-11)7-8-5-3-2-4-6-8/h2-6,9,12H,7H2,1H3,(H2,11,14)/t9-/m0/s1. The van der Waals surface area contributed by atoms with Crippen molar-refractivity contribution in [2.75, 3.05) is 7.05 Å². The van der Waals surface area contributed by atoms with Gasteiger partial charge in [0.25, 0.3) is 0 Å². The Balaban J connectivity index is 2.58. The van der Waals surface area contributed by atoms with E-state index in [9.17, 15) is 4.79 Å². The van der Waals surface area contributed by atoms with Gasteiger partial charge >= 0.3 is 5.97 Å². The van der Waals surface area contributed by atoms with E-state index in [4.69, 9.17) is 5.84 Å². The van der Waals surface area contributed by atoms with Crippen molar-refractivity contribution in [3.8, 4) is 0 Å². The molecule has 0 aliphatic heterocycles. The van der Waals surface area contributed by atoms with E-state index in [0.717, 1.165) is 5.56 Å². The summed E-state index contributed by atoms with van der Waals surface area (Å²) < 4.78 is 0. The van der Waals surface area contributed by atoms with Gasteiger partial charge in [-0.2, -0.15) is 0 Å². The van der Waals surface area contributed by atoms with E-state index < -0.39 is 12.0 Å². The average molecular weight is 222 g/mol. The van der Waals surface area contributed by atoms with Gasteiger partial charge in [0.05, 0.1) is 5.28 Å². The third kappa shape index (κ3) is 3.66. The summed E-state index contributed by atoms with van der Waals surface area (Å²) in [5, 5.41) is 8.69. The zero-order valence-corrected chi connectivity index (χ0v) is 8.96. The second-order valence-corrected chi connectivity index (χ2v) is 3.14. The molecule has 86 valence electrons. The molecule has 0 heterocycles. The molecule has 0 saturated heterocycles. The molecule has 0 amide bonds. The maximum Gasteiger partial charge on any atom is 0.354 e. The fraction of sp³-hybridized carbons (Fsp3) is 0.300. The first-order valence-corrected chi connectivity index (χ1v) is 4.80. The molecule has 0 unspecified atom stereocenters. The lowest BCUT2D eigenvalue weighted by molar-refractivity contribution is -0.147. The summed E-state index contributed by atoms with van der Waals surface area (Å²) in [7, 11) is 1.68. The van der Waals surface area contributed by atoms with E-state index >= 15 is 0 Å². The van der Waals surface area contributed by atoms with Crippen LogP contribution in [0.2, 0.25) is 0 Å². The third-order valence-corrected chi connectivity index (χ3v) is 2.09. The molecule has 0 aliphatic rings. The molecule has 1 aromatic rings. The average Bonchev–Trinajstić information content (AvgIpc) is 2.34. The largest absolute Gasteiger partial charge is 0.354 e. The van der Waals surface area contributed by atoms with Crippen LogP contribution in [-0.4, -0.2) is 19.1 Å². The topological polar surface area (TPSA) is 89.1 Å². The minimum Gasteiger partial charge on any atom is -0.307 e. The van der Waals surface area contributed by atoms with Crippen molar-refractivity contribution in [3.05, 3.63) is 35.9 Å². The number of rotatable bonds is 5. The monoisotopic (exact) mass is 222 g/mol. The highest BCUT2D eigenvalue weighted by Crippen LogP contribution is 2.04. The number of hydrogen-bond acceptors (Lipinski definition) is 5. The Morgan fingerprint density at radius 1 is 1.50 bits per heavy atom. The van der Waals surface area contributed by atoms with Gasteiger partial charge in [0, 0.05) is 0 Å². The lowest BCUT2D eigenvalue weighted by Gasteiger charge is -2.11. The molecule has 1 aromatic carbocycles. The number of nitrogens with one attached hydrogen (secondary N) is 1. The van der Waals surface area contributed by atoms with Crippen LogP contribution in [0.15, 0.2) is 40.8 Å². The Labute approximate surface area is 93.4 Å². The first kappa shape index (κ1) is 12.1. The van der Waals surface area contributed by atoms with Gasteiger partial charge < -0.3 is 11.2 Å². The first-order chi connectivity index (χ1) is 7.77. The Hall–Kier alpha value is -1.95. The summed E-state index contributed by atoms with van der Waals surface area (Å²) in [6, 6.07) is 9.14. The summed E-state index contributed by atoms with van der Waals surface area (Å²) in [5.74, 6) is 4.22. The zero-order valence-electron chi connectivity index (χ0n) is 8.96. The highest BCUT2D eigenvalue weighted by Gasteiger charge is 2.18. The Bertz CT molecular complexity index is 353. The molecular weight excluding hydrogens is 208 g/mol. The van der Waals surface area contributed by atoms with Crippen molar-refractivity contribution in [2.24, 2.45) is 16.3 Å². The van der Waals surface area contributed by atoms with Crippen molar-refractivity contribution in [1.82, 2.24) is 5.32 Å². The van der Waals surface area contributed by atoms with Gasteiger partial charge in [-0.3, -0.25) is 4.84 Å². The predicted octanol–water partition coefficient (Wildman–Crippen LogP) is 0.601. The smallest absolute Gasteiger partial charge is 0.307 e. The van der Waals surface area contributed by atoms with Crippen LogP contribution in [0.3, 0.4) is 0 Å². The summed E-state index contributed by atoms with van der Waals surface area (Å²) in [5.41, 5.74) is 1.03. The van der Waals surface area contributed by atoms with Gasteiger partial charge in [-0.15, -0.1) is 0 Å². The Morgan fingerprint density at radius 2 is 2.19 bits per heavy atom. The molecule has 0 spiro atoms. The first-order valence-electron chi connectivity index (χ1n) is 4.80. The van der Waals surface area contributed by atoms with Crippen LogP contribution in [0.4, 0.5) is 0 Å². The van der Waals surface area contributed by atoms with Gasteiger partial charge in [-0.05, 0) is 24.3 Å². The fourth-order valence-electron chi connectivity index (χ4n) is 1.28. The molecule has 0 aromatic heterocycles. The number of likely N-dealkylation sites (N-methyl/N-ethyl adjacent to an activating group) is 1. The molecule has 3 N–H and O–H groups in total. The van der Waals surface area contributed by atoms with E-state index in [2.05, 4.69) is 20.7 Å². The minimum atomic E-state index is -0.513. The molecule has 6 heteroatoms. The van der Waals surface area contributed by atoms with Gasteiger partial charge in [0.15, 0.2) is 0 Å². The SMILES string of the molecule is CN[C@@H](Cc1ccccc1)C(=O)ON=NN. The van der Waals surface area contributed by atoms with E-state index in [1.54, 1.807) is 7.05 Å². The maximum absolute atomic E-state index is 11.4. The lowest BCUT2D eigenvalue weighted by Crippen LogP contribution is -2.36. The maximum atomic E-state index is 11.4. The second kappa shape index (κ2) is 6.52. The van der Waals surface area contributed by atoms with Crippen LogP contribution in [0.1, 0.15) is 5.56 Å². The normalized spacial score (nSPS) is 12.6. The zero-order chi connectivity index (χ0) is 11.8. The molecule has 1 rings (SSSR count). The Kier molecular flexibility index (Phi) is 4.94. The van der Waals surface area contributed by atoms with Gasteiger partial charge in [-0.25, -0.2) is 4.79 Å². The number of hydrogen-bond donors (Lipinski definition) is 2. The van der Waals surface area contributed by atoms with Crippen LogP contribution < -0.4 is 11.2 Å². The van der Waals surface area contributed by atoms with Gasteiger partial charge in [0.2, 0.25) is 0 Å². The molecule has 16 heavy (non-hydrogen) atoms. The molecule has 1 atom stereocenters. The van der Waals surface area contributed by atoms with E-state index in [1.165, 1.54) is 0 Å². The van der Waals surface area contributed by atoms with Crippen LogP contribution in [0, 0.1) is 0 Å². The lowest BCUT2D eigenvalue weighted by atomic mass is 10.1. The summed E-state index contributed by atoms with van der Waals surface area (Å²) in [6.45, 7) is 0. The van der Waals surface area contributed by atoms with Crippen molar-refractivity contribution >= 4 is 5.97 Å². The number of benzene rings is 1. The second-order valence-electron chi connectivity index (χ2n) is 3.14. The van der Waals surface area contributed by atoms with E-state index in [0.29, 0.717) is 6.42 Å². The van der Waals surface area contributed by atoms with Crippen LogP contribution in [0.25, 0.3) is 0 Å². The highest BCUT2D eigenvalue weighted by atomic mass is 16.7. The van der Waals surface area contributed by atoms with Crippen molar-refractivity contribution < 1.29 is 9.63 Å². The van der Waals surface area contributed by atoms with Crippen molar-refractivity contribution in [3.63, 3.8) is 0 Å². The summed E-state index contributed by atoms with van der Waals surface area (Å²) >= 11 is 0. The van der Waals surface area contributed by atoms with Crippen LogP contribution >= 0.6 is 0 Å². The molecule has 0 aliphatic carbocycles. The third-order valence-electron chi connectivity index (χ3n) is 2.09. The highest BCUT2D eigenvalue weighted by molar-refractivity contribution is 5.75. The van der Waals surface area contributed by atoms with E-state index in [1.807, 2.05) is 30.3 Å². The number of nitrogens with two attached hydrogens (primary N) is 1. The molecule has 0 fully saturated rings. The number of carbonyl (C=O) groups is 1. The number of carbonyl (C=O) groups excluding carboxylic acids is 1. The van der Waals surface area contributed by atoms with Crippen molar-refractivity contribution in [2.45, 2.75) is 12.5 Å². The molecule has 0 saturated carbocycles. The quantitative estimate of drug-likeness (QED) is 0.433.